The van der Waals surface area contributed by atoms with Crippen LogP contribution < -0.4 is 10.6 Å². The minimum absolute atomic E-state index is 0.157. The third-order valence-electron chi connectivity index (χ3n) is 2.71. The zero-order valence-corrected chi connectivity index (χ0v) is 10.9. The van der Waals surface area contributed by atoms with Crippen LogP contribution in [0.15, 0.2) is 18.2 Å². The van der Waals surface area contributed by atoms with Gasteiger partial charge < -0.3 is 15.7 Å². The first-order valence-electron chi connectivity index (χ1n) is 6.04. The maximum absolute atomic E-state index is 13.5. The number of aliphatic hydroxyl groups excluding tert-OH is 1. The van der Waals surface area contributed by atoms with Gasteiger partial charge >= 0.3 is 6.03 Å². The van der Waals surface area contributed by atoms with E-state index in [1.165, 1.54) is 12.1 Å². The van der Waals surface area contributed by atoms with Gasteiger partial charge in [-0.2, -0.15) is 0 Å². The maximum Gasteiger partial charge on any atom is 0.315 e. The molecule has 0 aliphatic heterocycles. The average Bonchev–Trinajstić information content (AvgIpc) is 2.35. The lowest BCUT2D eigenvalue weighted by Gasteiger charge is -2.16. The van der Waals surface area contributed by atoms with Gasteiger partial charge in [-0.25, -0.2) is 13.6 Å². The highest BCUT2D eigenvalue weighted by atomic mass is 19.1. The van der Waals surface area contributed by atoms with Gasteiger partial charge in [-0.1, -0.05) is 13.0 Å². The molecule has 4 nitrogen and oxygen atoms in total. The van der Waals surface area contributed by atoms with Gasteiger partial charge in [0.25, 0.3) is 0 Å². The Bertz CT molecular complexity index is 441. The van der Waals surface area contributed by atoms with Crippen molar-refractivity contribution in [3.05, 3.63) is 35.4 Å². The van der Waals surface area contributed by atoms with E-state index in [1.807, 2.05) is 0 Å². The zero-order chi connectivity index (χ0) is 14.4. The number of rotatable bonds is 5. The molecule has 0 aliphatic rings. The molecule has 0 aromatic heterocycles. The molecular weight excluding hydrogens is 254 g/mol. The predicted molar refractivity (Wildman–Crippen MR) is 67.9 cm³/mol. The monoisotopic (exact) mass is 272 g/mol. The summed E-state index contributed by atoms with van der Waals surface area (Å²) in [5.74, 6) is -1.54. The maximum atomic E-state index is 13.5. The fourth-order valence-electron chi connectivity index (χ4n) is 1.58. The van der Waals surface area contributed by atoms with Crippen molar-refractivity contribution in [2.24, 2.45) is 0 Å². The normalized spacial score (nSPS) is 13.7. The molecule has 3 N–H and O–H groups in total. The Morgan fingerprint density at radius 2 is 2.05 bits per heavy atom. The summed E-state index contributed by atoms with van der Waals surface area (Å²) in [6, 6.07) is 2.59. The topological polar surface area (TPSA) is 61.4 Å². The molecule has 0 heterocycles. The summed E-state index contributed by atoms with van der Waals surface area (Å²) in [6.45, 7) is 3.44. The SMILES string of the molecule is CC(CO)NC(=O)NCC(C)c1ccc(F)cc1F. The molecule has 0 saturated carbocycles. The van der Waals surface area contributed by atoms with Crippen molar-refractivity contribution in [1.82, 2.24) is 10.6 Å². The molecule has 1 aromatic carbocycles. The molecule has 19 heavy (non-hydrogen) atoms. The van der Waals surface area contributed by atoms with Crippen molar-refractivity contribution in [1.29, 1.82) is 0 Å². The second kappa shape index (κ2) is 7.04. The van der Waals surface area contributed by atoms with Gasteiger partial charge in [0, 0.05) is 18.5 Å². The largest absolute Gasteiger partial charge is 0.394 e. The quantitative estimate of drug-likeness (QED) is 0.764. The summed E-state index contributed by atoms with van der Waals surface area (Å²) in [7, 11) is 0. The van der Waals surface area contributed by atoms with E-state index in [2.05, 4.69) is 10.6 Å². The molecule has 2 amide bonds. The van der Waals surface area contributed by atoms with Crippen molar-refractivity contribution in [3.63, 3.8) is 0 Å². The first-order valence-corrected chi connectivity index (χ1v) is 6.04. The number of carbonyl (C=O) groups is 1. The molecule has 106 valence electrons. The Balaban J connectivity index is 2.51. The Labute approximate surface area is 110 Å². The van der Waals surface area contributed by atoms with Gasteiger partial charge in [0.15, 0.2) is 0 Å². The number of aliphatic hydroxyl groups is 1. The minimum atomic E-state index is -0.629. The summed E-state index contributed by atoms with van der Waals surface area (Å²) in [5.41, 5.74) is 0.344. The molecule has 1 aromatic rings. The van der Waals surface area contributed by atoms with Crippen LogP contribution in [0.4, 0.5) is 13.6 Å². The predicted octanol–water partition coefficient (Wildman–Crippen LogP) is 1.75. The van der Waals surface area contributed by atoms with Crippen LogP contribution in [0.3, 0.4) is 0 Å². The number of nitrogens with one attached hydrogen (secondary N) is 2. The molecule has 2 unspecified atom stereocenters. The van der Waals surface area contributed by atoms with Crippen molar-refractivity contribution >= 4 is 6.03 Å². The van der Waals surface area contributed by atoms with E-state index in [0.717, 1.165) is 6.07 Å². The van der Waals surface area contributed by atoms with Gasteiger partial charge in [-0.3, -0.25) is 0 Å². The Morgan fingerprint density at radius 1 is 1.37 bits per heavy atom. The van der Waals surface area contributed by atoms with Crippen molar-refractivity contribution < 1.29 is 18.7 Å². The van der Waals surface area contributed by atoms with E-state index in [-0.39, 0.29) is 25.1 Å². The highest BCUT2D eigenvalue weighted by Gasteiger charge is 2.13. The van der Waals surface area contributed by atoms with Gasteiger partial charge in [-0.15, -0.1) is 0 Å². The molecule has 0 radical (unpaired) electrons. The van der Waals surface area contributed by atoms with E-state index in [9.17, 15) is 13.6 Å². The van der Waals surface area contributed by atoms with E-state index < -0.39 is 17.7 Å². The van der Waals surface area contributed by atoms with Crippen molar-refractivity contribution in [2.75, 3.05) is 13.2 Å². The zero-order valence-electron chi connectivity index (χ0n) is 10.9. The summed E-state index contributed by atoms with van der Waals surface area (Å²) in [6.07, 6.45) is 0. The third kappa shape index (κ3) is 4.82. The Kier molecular flexibility index (Phi) is 5.69. The molecule has 0 fully saturated rings. The molecule has 0 saturated heterocycles. The van der Waals surface area contributed by atoms with E-state index >= 15 is 0 Å². The summed E-state index contributed by atoms with van der Waals surface area (Å²) >= 11 is 0. The third-order valence-corrected chi connectivity index (χ3v) is 2.71. The number of halogens is 2. The van der Waals surface area contributed by atoms with E-state index in [0.29, 0.717) is 5.56 Å². The van der Waals surface area contributed by atoms with Gasteiger partial charge in [0.2, 0.25) is 0 Å². The average molecular weight is 272 g/mol. The highest BCUT2D eigenvalue weighted by Crippen LogP contribution is 2.18. The summed E-state index contributed by atoms with van der Waals surface area (Å²) in [5, 5.41) is 13.8. The standard InChI is InChI=1S/C13H18F2N2O2/c1-8(6-16-13(19)17-9(2)7-18)11-4-3-10(14)5-12(11)15/h3-5,8-9,18H,6-7H2,1-2H3,(H2,16,17,19). The Morgan fingerprint density at radius 3 is 2.63 bits per heavy atom. The molecule has 0 spiro atoms. The van der Waals surface area contributed by atoms with Crippen LogP contribution in [-0.4, -0.2) is 30.3 Å². The Hall–Kier alpha value is -1.69. The molecule has 0 bridgehead atoms. The number of carbonyl (C=O) groups excluding carboxylic acids is 1. The van der Waals surface area contributed by atoms with E-state index in [4.69, 9.17) is 5.11 Å². The van der Waals surface area contributed by atoms with Crippen LogP contribution in [0.1, 0.15) is 25.3 Å². The molecule has 6 heteroatoms. The smallest absolute Gasteiger partial charge is 0.315 e. The summed E-state index contributed by atoms with van der Waals surface area (Å²) < 4.78 is 26.3. The second-order valence-corrected chi connectivity index (χ2v) is 4.50. The fourth-order valence-corrected chi connectivity index (χ4v) is 1.58. The lowest BCUT2D eigenvalue weighted by molar-refractivity contribution is 0.220. The highest BCUT2D eigenvalue weighted by molar-refractivity contribution is 5.74. The molecule has 0 aliphatic carbocycles. The van der Waals surface area contributed by atoms with Gasteiger partial charge in [0.05, 0.1) is 12.6 Å². The number of hydrogen-bond donors (Lipinski definition) is 3. The van der Waals surface area contributed by atoms with Crippen LogP contribution in [0.5, 0.6) is 0 Å². The van der Waals surface area contributed by atoms with Gasteiger partial charge in [-0.05, 0) is 18.6 Å². The molecule has 2 atom stereocenters. The number of amides is 2. The number of benzene rings is 1. The molecule has 1 rings (SSSR count). The van der Waals surface area contributed by atoms with Crippen molar-refractivity contribution in [3.8, 4) is 0 Å². The van der Waals surface area contributed by atoms with Crippen molar-refractivity contribution in [2.45, 2.75) is 25.8 Å². The number of hydrogen-bond acceptors (Lipinski definition) is 2. The summed E-state index contributed by atoms with van der Waals surface area (Å²) in [4.78, 5) is 11.4. The fraction of sp³-hybridized carbons (Fsp3) is 0.462. The lowest BCUT2D eigenvalue weighted by atomic mass is 10.0. The lowest BCUT2D eigenvalue weighted by Crippen LogP contribution is -2.43. The van der Waals surface area contributed by atoms with Crippen LogP contribution >= 0.6 is 0 Å². The molecular formula is C13H18F2N2O2. The first kappa shape index (κ1) is 15.4. The van der Waals surface area contributed by atoms with Crippen LogP contribution in [0.25, 0.3) is 0 Å². The minimum Gasteiger partial charge on any atom is -0.394 e. The van der Waals surface area contributed by atoms with Crippen LogP contribution in [-0.2, 0) is 0 Å². The first-order chi connectivity index (χ1) is 8.93. The van der Waals surface area contributed by atoms with Crippen LogP contribution in [0, 0.1) is 11.6 Å². The van der Waals surface area contributed by atoms with Gasteiger partial charge in [0.1, 0.15) is 11.6 Å². The number of urea groups is 1. The van der Waals surface area contributed by atoms with E-state index in [1.54, 1.807) is 13.8 Å². The van der Waals surface area contributed by atoms with Crippen LogP contribution in [0.2, 0.25) is 0 Å². The second-order valence-electron chi connectivity index (χ2n) is 4.50.